The van der Waals surface area contributed by atoms with E-state index in [1.165, 1.54) is 7.11 Å². The van der Waals surface area contributed by atoms with E-state index < -0.39 is 5.97 Å². The van der Waals surface area contributed by atoms with Crippen molar-refractivity contribution in [2.24, 2.45) is 0 Å². The third-order valence-corrected chi connectivity index (χ3v) is 3.02. The van der Waals surface area contributed by atoms with Crippen molar-refractivity contribution in [1.29, 1.82) is 0 Å². The fourth-order valence-electron chi connectivity index (χ4n) is 1.50. The fraction of sp³-hybridized carbons (Fsp3) is 0.0714. The Balaban J connectivity index is 2.25. The minimum absolute atomic E-state index is 0.399. The van der Waals surface area contributed by atoms with Gasteiger partial charge in [-0.3, -0.25) is 0 Å². The first-order valence-electron chi connectivity index (χ1n) is 5.32. The van der Waals surface area contributed by atoms with Crippen molar-refractivity contribution >= 4 is 21.9 Å². The molecule has 0 saturated carbocycles. The largest absolute Gasteiger partial charge is 0.496 e. The molecule has 2 rings (SSSR count). The van der Waals surface area contributed by atoms with Crippen molar-refractivity contribution in [3.63, 3.8) is 0 Å². The highest BCUT2D eigenvalue weighted by Gasteiger charge is 2.14. The Hall–Kier alpha value is -1.81. The highest BCUT2D eigenvalue weighted by atomic mass is 79.9. The summed E-state index contributed by atoms with van der Waals surface area (Å²) in [4.78, 5) is 12.0. The topological polar surface area (TPSA) is 35.5 Å². The fourth-order valence-corrected chi connectivity index (χ4v) is 1.86. The molecule has 0 saturated heterocycles. The maximum absolute atomic E-state index is 12.0. The van der Waals surface area contributed by atoms with Gasteiger partial charge in [-0.15, -0.1) is 0 Å². The summed E-state index contributed by atoms with van der Waals surface area (Å²) < 4.78 is 11.2. The quantitative estimate of drug-likeness (QED) is 0.641. The van der Waals surface area contributed by atoms with Crippen molar-refractivity contribution in [3.8, 4) is 11.5 Å². The van der Waals surface area contributed by atoms with Crippen molar-refractivity contribution in [2.45, 2.75) is 0 Å². The van der Waals surface area contributed by atoms with Crippen LogP contribution < -0.4 is 9.47 Å². The lowest BCUT2D eigenvalue weighted by molar-refractivity contribution is 0.0730. The summed E-state index contributed by atoms with van der Waals surface area (Å²) in [5.41, 5.74) is 0.399. The third-order valence-electron chi connectivity index (χ3n) is 2.37. The van der Waals surface area contributed by atoms with Gasteiger partial charge in [0.25, 0.3) is 0 Å². The molecule has 18 heavy (non-hydrogen) atoms. The summed E-state index contributed by atoms with van der Waals surface area (Å²) in [6, 6.07) is 14.1. The van der Waals surface area contributed by atoms with E-state index in [2.05, 4.69) is 15.9 Å². The molecule has 2 aromatic rings. The predicted molar refractivity (Wildman–Crippen MR) is 72.1 cm³/mol. The molecule has 0 atom stereocenters. The number of benzene rings is 2. The number of ether oxygens (including phenoxy) is 2. The predicted octanol–water partition coefficient (Wildman–Crippen LogP) is 3.68. The van der Waals surface area contributed by atoms with Crippen LogP contribution in [0.25, 0.3) is 0 Å². The van der Waals surface area contributed by atoms with Gasteiger partial charge in [-0.2, -0.15) is 0 Å². The second-order valence-corrected chi connectivity index (χ2v) is 4.37. The summed E-state index contributed by atoms with van der Waals surface area (Å²) in [6.45, 7) is 0. The molecule has 0 unspecified atom stereocenters. The van der Waals surface area contributed by atoms with Gasteiger partial charge in [0, 0.05) is 0 Å². The summed E-state index contributed by atoms with van der Waals surface area (Å²) >= 11 is 3.32. The summed E-state index contributed by atoms with van der Waals surface area (Å²) in [6.07, 6.45) is 0. The summed E-state index contributed by atoms with van der Waals surface area (Å²) in [5.74, 6) is 0.530. The zero-order chi connectivity index (χ0) is 13.0. The molecule has 0 amide bonds. The molecule has 4 heteroatoms. The van der Waals surface area contributed by atoms with Gasteiger partial charge < -0.3 is 9.47 Å². The lowest BCUT2D eigenvalue weighted by atomic mass is 10.2. The Morgan fingerprint density at radius 1 is 1.00 bits per heavy atom. The first-order valence-corrected chi connectivity index (χ1v) is 6.11. The lowest BCUT2D eigenvalue weighted by Gasteiger charge is -2.09. The van der Waals surface area contributed by atoms with Crippen LogP contribution in [0.2, 0.25) is 0 Å². The number of carbonyl (C=O) groups is 1. The van der Waals surface area contributed by atoms with Crippen LogP contribution in [0.4, 0.5) is 0 Å². The van der Waals surface area contributed by atoms with Crippen LogP contribution in [0.3, 0.4) is 0 Å². The van der Waals surface area contributed by atoms with Crippen LogP contribution in [-0.2, 0) is 0 Å². The first-order chi connectivity index (χ1) is 8.72. The lowest BCUT2D eigenvalue weighted by Crippen LogP contribution is -2.10. The zero-order valence-corrected chi connectivity index (χ0v) is 11.3. The maximum Gasteiger partial charge on any atom is 0.347 e. The minimum atomic E-state index is -0.445. The van der Waals surface area contributed by atoms with Gasteiger partial charge >= 0.3 is 5.97 Å². The van der Waals surface area contributed by atoms with E-state index in [1.54, 1.807) is 36.4 Å². The molecule has 0 radical (unpaired) electrons. The third kappa shape index (κ3) is 2.71. The molecule has 3 nitrogen and oxygen atoms in total. The molecule has 0 fully saturated rings. The van der Waals surface area contributed by atoms with Crippen molar-refractivity contribution in [2.75, 3.05) is 7.11 Å². The number of carbonyl (C=O) groups excluding carboxylic acids is 1. The van der Waals surface area contributed by atoms with Gasteiger partial charge in [0.05, 0.1) is 11.6 Å². The normalized spacial score (nSPS) is 9.89. The second-order valence-electron chi connectivity index (χ2n) is 3.52. The number of hydrogen-bond donors (Lipinski definition) is 0. The Morgan fingerprint density at radius 2 is 1.61 bits per heavy atom. The van der Waals surface area contributed by atoms with Crippen LogP contribution in [-0.4, -0.2) is 13.1 Å². The highest BCUT2D eigenvalue weighted by molar-refractivity contribution is 9.10. The molecule has 0 heterocycles. The van der Waals surface area contributed by atoms with E-state index >= 15 is 0 Å². The Kier molecular flexibility index (Phi) is 3.99. The number of halogens is 1. The van der Waals surface area contributed by atoms with Crippen LogP contribution in [0.5, 0.6) is 11.5 Å². The Morgan fingerprint density at radius 3 is 2.28 bits per heavy atom. The van der Waals surface area contributed by atoms with E-state index in [1.807, 2.05) is 12.1 Å². The molecule has 0 N–H and O–H groups in total. The second kappa shape index (κ2) is 5.69. The van der Waals surface area contributed by atoms with Gasteiger partial charge in [-0.1, -0.05) is 24.3 Å². The smallest absolute Gasteiger partial charge is 0.347 e. The average Bonchev–Trinajstić information content (AvgIpc) is 2.41. The monoisotopic (exact) mass is 306 g/mol. The van der Waals surface area contributed by atoms with Gasteiger partial charge in [0.2, 0.25) is 0 Å². The zero-order valence-electron chi connectivity index (χ0n) is 9.72. The molecular weight excluding hydrogens is 296 g/mol. The number of rotatable bonds is 3. The number of hydrogen-bond acceptors (Lipinski definition) is 3. The van der Waals surface area contributed by atoms with Gasteiger partial charge in [-0.05, 0) is 40.2 Å². The Bertz CT molecular complexity index is 566. The maximum atomic E-state index is 12.0. The van der Waals surface area contributed by atoms with E-state index in [0.717, 1.165) is 4.47 Å². The average molecular weight is 307 g/mol. The van der Waals surface area contributed by atoms with Gasteiger partial charge in [0.1, 0.15) is 17.1 Å². The van der Waals surface area contributed by atoms with E-state index in [-0.39, 0.29) is 0 Å². The van der Waals surface area contributed by atoms with Crippen LogP contribution >= 0.6 is 15.9 Å². The Labute approximate surface area is 113 Å². The SMILES string of the molecule is COc1ccccc1C(=O)Oc1ccccc1Br. The van der Waals surface area contributed by atoms with Gasteiger partial charge in [0.15, 0.2) is 0 Å². The number of methoxy groups -OCH3 is 1. The molecule has 0 bridgehead atoms. The van der Waals surface area contributed by atoms with E-state index in [4.69, 9.17) is 9.47 Å². The molecule has 92 valence electrons. The van der Waals surface area contributed by atoms with Crippen molar-refractivity contribution in [3.05, 3.63) is 58.6 Å². The summed E-state index contributed by atoms with van der Waals surface area (Å²) in [5, 5.41) is 0. The van der Waals surface area contributed by atoms with Crippen LogP contribution in [0.1, 0.15) is 10.4 Å². The van der Waals surface area contributed by atoms with E-state index in [0.29, 0.717) is 17.1 Å². The van der Waals surface area contributed by atoms with Crippen LogP contribution in [0.15, 0.2) is 53.0 Å². The molecule has 0 spiro atoms. The molecule has 0 aliphatic carbocycles. The van der Waals surface area contributed by atoms with Crippen LogP contribution in [0, 0.1) is 0 Å². The van der Waals surface area contributed by atoms with Gasteiger partial charge in [-0.25, -0.2) is 4.79 Å². The molecule has 0 aliphatic heterocycles. The molecule has 0 aromatic heterocycles. The van der Waals surface area contributed by atoms with Crippen molar-refractivity contribution in [1.82, 2.24) is 0 Å². The minimum Gasteiger partial charge on any atom is -0.496 e. The van der Waals surface area contributed by atoms with Crippen molar-refractivity contribution < 1.29 is 14.3 Å². The first kappa shape index (κ1) is 12.6. The molecular formula is C14H11BrO3. The highest BCUT2D eigenvalue weighted by Crippen LogP contribution is 2.26. The number of esters is 1. The molecule has 2 aromatic carbocycles. The number of para-hydroxylation sites is 2. The molecule has 0 aliphatic rings. The van der Waals surface area contributed by atoms with E-state index in [9.17, 15) is 4.79 Å². The summed E-state index contributed by atoms with van der Waals surface area (Å²) in [7, 11) is 1.52. The standard InChI is InChI=1S/C14H11BrO3/c1-17-12-8-4-2-6-10(12)14(16)18-13-9-5-3-7-11(13)15/h2-9H,1H3.